The highest BCUT2D eigenvalue weighted by molar-refractivity contribution is 9.10. The number of carbonyl (C=O) groups is 1. The molecule has 2 N–H and O–H groups in total. The van der Waals surface area contributed by atoms with E-state index in [0.29, 0.717) is 11.3 Å². The van der Waals surface area contributed by atoms with Crippen LogP contribution in [-0.2, 0) is 0 Å². The second-order valence-corrected chi connectivity index (χ2v) is 6.85. The highest BCUT2D eigenvalue weighted by Gasteiger charge is 2.17. The third-order valence-corrected chi connectivity index (χ3v) is 4.21. The summed E-state index contributed by atoms with van der Waals surface area (Å²) in [7, 11) is 1.54. The fourth-order valence-corrected chi connectivity index (χ4v) is 3.22. The van der Waals surface area contributed by atoms with Gasteiger partial charge in [0.05, 0.1) is 12.7 Å². The SMILES string of the molecule is COc1c(C)cc(Br)cc1C(=O)NC(=S)Nc1ccc(C)cc1C. The smallest absolute Gasteiger partial charge is 0.261 e. The summed E-state index contributed by atoms with van der Waals surface area (Å²) in [6.07, 6.45) is 0. The number of methoxy groups -OCH3 is 1. The first-order chi connectivity index (χ1) is 11.3. The predicted molar refractivity (Wildman–Crippen MR) is 105 cm³/mol. The van der Waals surface area contributed by atoms with E-state index < -0.39 is 0 Å². The van der Waals surface area contributed by atoms with E-state index in [2.05, 4.69) is 26.6 Å². The Labute approximate surface area is 155 Å². The van der Waals surface area contributed by atoms with Gasteiger partial charge in [-0.1, -0.05) is 33.6 Å². The summed E-state index contributed by atoms with van der Waals surface area (Å²) in [5.74, 6) is 0.212. The van der Waals surface area contributed by atoms with Crippen LogP contribution in [0.3, 0.4) is 0 Å². The van der Waals surface area contributed by atoms with Gasteiger partial charge < -0.3 is 10.1 Å². The quantitative estimate of drug-likeness (QED) is 0.736. The van der Waals surface area contributed by atoms with Crippen LogP contribution in [0, 0.1) is 20.8 Å². The molecule has 0 unspecified atom stereocenters. The molecule has 126 valence electrons. The van der Waals surface area contributed by atoms with E-state index in [1.807, 2.05) is 45.0 Å². The zero-order valence-electron chi connectivity index (χ0n) is 14.0. The highest BCUT2D eigenvalue weighted by Crippen LogP contribution is 2.27. The molecule has 0 bridgehead atoms. The van der Waals surface area contributed by atoms with Crippen molar-refractivity contribution in [1.29, 1.82) is 0 Å². The Kier molecular flexibility index (Phi) is 5.96. The molecular weight excluding hydrogens is 388 g/mol. The van der Waals surface area contributed by atoms with Crippen molar-refractivity contribution < 1.29 is 9.53 Å². The third-order valence-electron chi connectivity index (χ3n) is 3.55. The molecule has 2 rings (SSSR count). The van der Waals surface area contributed by atoms with Crippen LogP contribution in [0.5, 0.6) is 5.75 Å². The van der Waals surface area contributed by atoms with Crippen molar-refractivity contribution in [2.75, 3.05) is 12.4 Å². The van der Waals surface area contributed by atoms with E-state index in [-0.39, 0.29) is 11.0 Å². The van der Waals surface area contributed by atoms with Gasteiger partial charge in [-0.15, -0.1) is 0 Å². The van der Waals surface area contributed by atoms with Gasteiger partial charge in [0.1, 0.15) is 5.75 Å². The fourth-order valence-electron chi connectivity index (χ4n) is 2.45. The minimum Gasteiger partial charge on any atom is -0.496 e. The van der Waals surface area contributed by atoms with Crippen molar-refractivity contribution in [3.63, 3.8) is 0 Å². The molecule has 0 atom stereocenters. The maximum absolute atomic E-state index is 12.5. The summed E-state index contributed by atoms with van der Waals surface area (Å²) >= 11 is 8.65. The minimum atomic E-state index is -0.321. The average Bonchev–Trinajstić information content (AvgIpc) is 2.49. The number of hydrogen-bond acceptors (Lipinski definition) is 3. The third kappa shape index (κ3) is 4.33. The van der Waals surface area contributed by atoms with Gasteiger partial charge in [0, 0.05) is 10.2 Å². The summed E-state index contributed by atoms with van der Waals surface area (Å²) in [5.41, 5.74) is 4.38. The lowest BCUT2D eigenvalue weighted by atomic mass is 10.1. The van der Waals surface area contributed by atoms with Crippen molar-refractivity contribution in [3.05, 3.63) is 57.1 Å². The summed E-state index contributed by atoms with van der Waals surface area (Å²) in [5, 5.41) is 5.99. The summed E-state index contributed by atoms with van der Waals surface area (Å²) in [4.78, 5) is 12.5. The van der Waals surface area contributed by atoms with E-state index >= 15 is 0 Å². The number of nitrogens with one attached hydrogen (secondary N) is 2. The summed E-state index contributed by atoms with van der Waals surface area (Å²) in [6, 6.07) is 9.57. The maximum Gasteiger partial charge on any atom is 0.261 e. The largest absolute Gasteiger partial charge is 0.496 e. The molecule has 0 aliphatic heterocycles. The summed E-state index contributed by atoms with van der Waals surface area (Å²) in [6.45, 7) is 5.89. The second-order valence-electron chi connectivity index (χ2n) is 5.53. The van der Waals surface area contributed by atoms with Crippen molar-refractivity contribution >= 4 is 44.9 Å². The zero-order chi connectivity index (χ0) is 17.9. The highest BCUT2D eigenvalue weighted by atomic mass is 79.9. The predicted octanol–water partition coefficient (Wildman–Crippen LogP) is 4.51. The van der Waals surface area contributed by atoms with Gasteiger partial charge in [-0.3, -0.25) is 10.1 Å². The number of carbonyl (C=O) groups excluding carboxylic acids is 1. The molecule has 0 radical (unpaired) electrons. The number of ether oxygens (including phenoxy) is 1. The van der Waals surface area contributed by atoms with Gasteiger partial charge >= 0.3 is 0 Å². The number of benzene rings is 2. The van der Waals surface area contributed by atoms with Crippen LogP contribution in [0.1, 0.15) is 27.0 Å². The lowest BCUT2D eigenvalue weighted by Crippen LogP contribution is -2.34. The lowest BCUT2D eigenvalue weighted by molar-refractivity contribution is 0.0974. The van der Waals surface area contributed by atoms with Gasteiger partial charge in [0.15, 0.2) is 5.11 Å². The van der Waals surface area contributed by atoms with E-state index in [1.165, 1.54) is 5.56 Å². The monoisotopic (exact) mass is 406 g/mol. The Hall–Kier alpha value is -1.92. The standard InChI is InChI=1S/C18H19BrN2O2S/c1-10-5-6-15(11(2)7-10)20-18(24)21-17(22)14-9-13(19)8-12(3)16(14)23-4/h5-9H,1-4H3,(H2,20,21,22,24). The Bertz CT molecular complexity index is 806. The van der Waals surface area contributed by atoms with E-state index in [0.717, 1.165) is 21.3 Å². The number of aryl methyl sites for hydroxylation is 3. The number of hydrogen-bond donors (Lipinski definition) is 2. The minimum absolute atomic E-state index is 0.242. The lowest BCUT2D eigenvalue weighted by Gasteiger charge is -2.15. The Morgan fingerprint density at radius 2 is 1.83 bits per heavy atom. The van der Waals surface area contributed by atoms with Crippen LogP contribution in [0.2, 0.25) is 0 Å². The Balaban J connectivity index is 2.16. The van der Waals surface area contributed by atoms with E-state index in [1.54, 1.807) is 13.2 Å². The molecule has 24 heavy (non-hydrogen) atoms. The van der Waals surface area contributed by atoms with E-state index in [9.17, 15) is 4.79 Å². The van der Waals surface area contributed by atoms with Gasteiger partial charge in [-0.25, -0.2) is 0 Å². The number of halogens is 1. The molecule has 6 heteroatoms. The average molecular weight is 407 g/mol. The topological polar surface area (TPSA) is 50.4 Å². The number of rotatable bonds is 3. The van der Waals surface area contributed by atoms with Crippen LogP contribution >= 0.6 is 28.1 Å². The molecular formula is C18H19BrN2O2S. The first-order valence-electron chi connectivity index (χ1n) is 7.35. The van der Waals surface area contributed by atoms with Crippen LogP contribution in [-0.4, -0.2) is 18.1 Å². The van der Waals surface area contributed by atoms with Gasteiger partial charge in [0.2, 0.25) is 0 Å². The van der Waals surface area contributed by atoms with Crippen LogP contribution in [0.25, 0.3) is 0 Å². The van der Waals surface area contributed by atoms with Crippen LogP contribution < -0.4 is 15.4 Å². The van der Waals surface area contributed by atoms with Gasteiger partial charge in [0.25, 0.3) is 5.91 Å². The first-order valence-corrected chi connectivity index (χ1v) is 8.55. The normalized spacial score (nSPS) is 10.2. The summed E-state index contributed by atoms with van der Waals surface area (Å²) < 4.78 is 6.14. The molecule has 0 saturated heterocycles. The zero-order valence-corrected chi connectivity index (χ0v) is 16.4. The maximum atomic E-state index is 12.5. The molecule has 4 nitrogen and oxygen atoms in total. The molecule has 0 heterocycles. The molecule has 0 aromatic heterocycles. The fraction of sp³-hybridized carbons (Fsp3) is 0.222. The van der Waals surface area contributed by atoms with Crippen molar-refractivity contribution in [2.45, 2.75) is 20.8 Å². The molecule has 0 saturated carbocycles. The Morgan fingerprint density at radius 3 is 2.46 bits per heavy atom. The molecule has 1 amide bonds. The number of amides is 1. The van der Waals surface area contributed by atoms with Crippen LogP contribution in [0.15, 0.2) is 34.8 Å². The van der Waals surface area contributed by atoms with Crippen molar-refractivity contribution in [3.8, 4) is 5.75 Å². The Morgan fingerprint density at radius 1 is 1.12 bits per heavy atom. The van der Waals surface area contributed by atoms with Crippen molar-refractivity contribution in [2.24, 2.45) is 0 Å². The van der Waals surface area contributed by atoms with E-state index in [4.69, 9.17) is 17.0 Å². The molecule has 0 spiro atoms. The molecule has 2 aromatic carbocycles. The molecule has 0 aliphatic rings. The second kappa shape index (κ2) is 7.77. The van der Waals surface area contributed by atoms with Gasteiger partial charge in [-0.05, 0) is 62.3 Å². The van der Waals surface area contributed by atoms with Crippen LogP contribution in [0.4, 0.5) is 5.69 Å². The molecule has 2 aromatic rings. The number of anilines is 1. The molecule has 0 fully saturated rings. The first kappa shape index (κ1) is 18.4. The van der Waals surface area contributed by atoms with Crippen molar-refractivity contribution in [1.82, 2.24) is 5.32 Å². The number of thiocarbonyl (C=S) groups is 1. The van der Waals surface area contributed by atoms with Gasteiger partial charge in [-0.2, -0.15) is 0 Å². The molecule has 0 aliphatic carbocycles.